The Morgan fingerprint density at radius 2 is 2.29 bits per heavy atom. The molecule has 1 aromatic rings. The number of rotatable bonds is 4. The summed E-state index contributed by atoms with van der Waals surface area (Å²) in [6.45, 7) is 1.66. The second kappa shape index (κ2) is 5.61. The molecule has 0 aliphatic rings. The molecule has 0 spiro atoms. The highest BCUT2D eigenvalue weighted by Gasteiger charge is 2.18. The van der Waals surface area contributed by atoms with Gasteiger partial charge in [-0.15, -0.1) is 0 Å². The number of nitriles is 1. The van der Waals surface area contributed by atoms with Gasteiger partial charge in [0.1, 0.15) is 17.8 Å². The van der Waals surface area contributed by atoms with E-state index >= 15 is 0 Å². The molecule has 0 aliphatic carbocycles. The first-order valence-electron chi connectivity index (χ1n) is 4.98. The fourth-order valence-electron chi connectivity index (χ4n) is 1.16. The minimum atomic E-state index is -1.09. The predicted molar refractivity (Wildman–Crippen MR) is 58.1 cm³/mol. The number of nitrogens with one attached hydrogen (secondary N) is 1. The van der Waals surface area contributed by atoms with E-state index in [0.717, 1.165) is 0 Å². The summed E-state index contributed by atoms with van der Waals surface area (Å²) in [4.78, 5) is 26.1. The number of carbonyl (C=O) groups is 2. The highest BCUT2D eigenvalue weighted by molar-refractivity contribution is 5.94. The van der Waals surface area contributed by atoms with Gasteiger partial charge in [-0.2, -0.15) is 5.26 Å². The average molecular weight is 233 g/mol. The summed E-state index contributed by atoms with van der Waals surface area (Å²) in [6.07, 6.45) is 1.55. The minimum absolute atomic E-state index is 0.0868. The van der Waals surface area contributed by atoms with Crippen LogP contribution in [0.25, 0.3) is 0 Å². The van der Waals surface area contributed by atoms with Crippen molar-refractivity contribution in [3.8, 4) is 6.07 Å². The van der Waals surface area contributed by atoms with Gasteiger partial charge in [0.15, 0.2) is 0 Å². The lowest BCUT2D eigenvalue weighted by atomic mass is 10.2. The smallest absolute Gasteiger partial charge is 0.326 e. The van der Waals surface area contributed by atoms with E-state index in [1.165, 1.54) is 18.3 Å². The van der Waals surface area contributed by atoms with Gasteiger partial charge in [0.25, 0.3) is 5.91 Å². The molecule has 0 radical (unpaired) electrons. The third-order valence-electron chi connectivity index (χ3n) is 2.14. The quantitative estimate of drug-likeness (QED) is 0.790. The summed E-state index contributed by atoms with van der Waals surface area (Å²) in [7, 11) is 0. The number of hydrogen-bond acceptors (Lipinski definition) is 4. The summed E-state index contributed by atoms with van der Waals surface area (Å²) in [6, 6.07) is 3.77. The molecular formula is C11H11N3O3. The van der Waals surface area contributed by atoms with E-state index in [0.29, 0.717) is 5.56 Å². The Labute approximate surface area is 97.9 Å². The van der Waals surface area contributed by atoms with Crippen LogP contribution in [0.5, 0.6) is 0 Å². The number of aromatic nitrogens is 1. The number of carboxylic acid groups (broad SMARTS) is 1. The van der Waals surface area contributed by atoms with Crippen molar-refractivity contribution in [3.05, 3.63) is 29.6 Å². The molecule has 0 fully saturated rings. The van der Waals surface area contributed by atoms with Crippen molar-refractivity contribution in [3.63, 3.8) is 0 Å². The lowest BCUT2D eigenvalue weighted by Crippen LogP contribution is -2.40. The van der Waals surface area contributed by atoms with E-state index in [1.807, 2.05) is 6.07 Å². The fourth-order valence-corrected chi connectivity index (χ4v) is 1.16. The normalized spacial score (nSPS) is 11.3. The number of nitrogens with zero attached hydrogens (tertiary/aromatic N) is 2. The molecule has 6 nitrogen and oxygen atoms in total. The van der Waals surface area contributed by atoms with Crippen LogP contribution < -0.4 is 5.32 Å². The van der Waals surface area contributed by atoms with Gasteiger partial charge < -0.3 is 10.4 Å². The molecule has 1 heterocycles. The summed E-state index contributed by atoms with van der Waals surface area (Å²) >= 11 is 0. The third-order valence-corrected chi connectivity index (χ3v) is 2.14. The molecule has 17 heavy (non-hydrogen) atoms. The molecule has 0 bridgehead atoms. The van der Waals surface area contributed by atoms with E-state index in [4.69, 9.17) is 10.4 Å². The zero-order chi connectivity index (χ0) is 12.8. The van der Waals surface area contributed by atoms with E-state index in [1.54, 1.807) is 6.92 Å². The first kappa shape index (κ1) is 12.6. The van der Waals surface area contributed by atoms with Crippen LogP contribution in [0.4, 0.5) is 0 Å². The van der Waals surface area contributed by atoms with E-state index in [-0.39, 0.29) is 12.1 Å². The number of amides is 1. The Morgan fingerprint density at radius 3 is 2.71 bits per heavy atom. The maximum Gasteiger partial charge on any atom is 0.326 e. The van der Waals surface area contributed by atoms with Gasteiger partial charge in [0.05, 0.1) is 5.56 Å². The van der Waals surface area contributed by atoms with Crippen LogP contribution in [-0.4, -0.2) is 28.0 Å². The molecule has 88 valence electrons. The Balaban J connectivity index is 2.76. The number of aliphatic carboxylic acids is 1. The van der Waals surface area contributed by atoms with E-state index in [2.05, 4.69) is 10.3 Å². The molecular weight excluding hydrogens is 222 g/mol. The van der Waals surface area contributed by atoms with Gasteiger partial charge in [0, 0.05) is 6.20 Å². The zero-order valence-corrected chi connectivity index (χ0v) is 9.17. The van der Waals surface area contributed by atoms with Crippen molar-refractivity contribution in [1.82, 2.24) is 10.3 Å². The lowest BCUT2D eigenvalue weighted by Gasteiger charge is -2.11. The molecule has 0 aromatic carbocycles. The minimum Gasteiger partial charge on any atom is -0.480 e. The largest absolute Gasteiger partial charge is 0.480 e. The van der Waals surface area contributed by atoms with Crippen molar-refractivity contribution < 1.29 is 14.7 Å². The van der Waals surface area contributed by atoms with Crippen LogP contribution in [0.2, 0.25) is 0 Å². The predicted octanol–water partition coefficient (Wildman–Crippen LogP) is 0.546. The van der Waals surface area contributed by atoms with Gasteiger partial charge in [0.2, 0.25) is 0 Å². The zero-order valence-electron chi connectivity index (χ0n) is 9.17. The van der Waals surface area contributed by atoms with Crippen molar-refractivity contribution >= 4 is 11.9 Å². The number of hydrogen-bond donors (Lipinski definition) is 2. The van der Waals surface area contributed by atoms with Crippen LogP contribution in [0.1, 0.15) is 29.4 Å². The number of carboxylic acids is 1. The standard InChI is InChI=1S/C11H11N3O3/c1-2-8(11(16)17)14-10(15)9-4-3-7(5-12)6-13-9/h3-4,6,8H,2H2,1H3,(H,14,15)(H,16,17)/t8-/m1/s1. The third kappa shape index (κ3) is 3.28. The molecule has 1 amide bonds. The SMILES string of the molecule is CC[C@@H](NC(=O)c1ccc(C#N)cn1)C(=O)O. The van der Waals surface area contributed by atoms with Gasteiger partial charge in [-0.3, -0.25) is 4.79 Å². The summed E-state index contributed by atoms with van der Waals surface area (Å²) in [5.41, 5.74) is 0.426. The second-order valence-corrected chi connectivity index (χ2v) is 3.32. The Bertz CT molecular complexity index is 462. The lowest BCUT2D eigenvalue weighted by molar-refractivity contribution is -0.139. The van der Waals surface area contributed by atoms with Crippen LogP contribution in [0.3, 0.4) is 0 Å². The van der Waals surface area contributed by atoms with Crippen LogP contribution in [0, 0.1) is 11.3 Å². The summed E-state index contributed by atoms with van der Waals surface area (Å²) in [5, 5.41) is 19.7. The Kier molecular flexibility index (Phi) is 4.17. The maximum absolute atomic E-state index is 11.6. The fraction of sp³-hybridized carbons (Fsp3) is 0.273. The number of carbonyl (C=O) groups excluding carboxylic acids is 1. The van der Waals surface area contributed by atoms with Crippen LogP contribution in [0.15, 0.2) is 18.3 Å². The molecule has 0 saturated heterocycles. The first-order valence-corrected chi connectivity index (χ1v) is 4.98. The van der Waals surface area contributed by atoms with Crippen molar-refractivity contribution in [2.24, 2.45) is 0 Å². The highest BCUT2D eigenvalue weighted by Crippen LogP contribution is 2.00. The summed E-state index contributed by atoms with van der Waals surface area (Å²) < 4.78 is 0. The Hall–Kier alpha value is -2.42. The van der Waals surface area contributed by atoms with Gasteiger partial charge >= 0.3 is 5.97 Å². The van der Waals surface area contributed by atoms with Crippen LogP contribution in [-0.2, 0) is 4.79 Å². The molecule has 6 heteroatoms. The molecule has 2 N–H and O–H groups in total. The molecule has 1 rings (SSSR count). The van der Waals surface area contributed by atoms with Gasteiger partial charge in [-0.25, -0.2) is 9.78 Å². The van der Waals surface area contributed by atoms with E-state index < -0.39 is 17.9 Å². The summed E-state index contributed by atoms with van der Waals surface area (Å²) in [5.74, 6) is -1.65. The van der Waals surface area contributed by atoms with Crippen molar-refractivity contribution in [1.29, 1.82) is 5.26 Å². The molecule has 0 saturated carbocycles. The topological polar surface area (TPSA) is 103 Å². The highest BCUT2D eigenvalue weighted by atomic mass is 16.4. The van der Waals surface area contributed by atoms with Gasteiger partial charge in [-0.1, -0.05) is 6.92 Å². The molecule has 1 aromatic heterocycles. The molecule has 1 atom stereocenters. The second-order valence-electron chi connectivity index (χ2n) is 3.32. The van der Waals surface area contributed by atoms with Crippen molar-refractivity contribution in [2.75, 3.05) is 0 Å². The van der Waals surface area contributed by atoms with E-state index in [9.17, 15) is 9.59 Å². The Morgan fingerprint density at radius 1 is 1.59 bits per heavy atom. The first-order chi connectivity index (χ1) is 8.08. The molecule has 0 aliphatic heterocycles. The monoisotopic (exact) mass is 233 g/mol. The van der Waals surface area contributed by atoms with Gasteiger partial charge in [-0.05, 0) is 18.6 Å². The number of pyridine rings is 1. The maximum atomic E-state index is 11.6. The van der Waals surface area contributed by atoms with Crippen LogP contribution >= 0.6 is 0 Å². The molecule has 0 unspecified atom stereocenters. The average Bonchev–Trinajstić information content (AvgIpc) is 2.35. The van der Waals surface area contributed by atoms with Crippen molar-refractivity contribution in [2.45, 2.75) is 19.4 Å².